The van der Waals surface area contributed by atoms with Crippen LogP contribution in [0.5, 0.6) is 11.5 Å². The Morgan fingerprint density at radius 2 is 1.17 bits per heavy atom. The number of fused-ring (bicyclic) bond motifs is 1. The number of aryl methyl sites for hydroxylation is 1. The van der Waals surface area contributed by atoms with E-state index in [4.69, 9.17) is 32.7 Å². The smallest absolute Gasteiger partial charge is 0.862 e. The van der Waals surface area contributed by atoms with Crippen molar-refractivity contribution in [3.05, 3.63) is 117 Å². The molecule has 0 amide bonds. The number of nitrogens with one attached hydrogen (secondary N) is 4. The third-order valence-corrected chi connectivity index (χ3v) is 11.3. The number of methoxy groups -OCH3 is 2. The van der Waals surface area contributed by atoms with Gasteiger partial charge in [-0.3, -0.25) is 29.1 Å². The monoisotopic (exact) mass is 1090 g/mol. The minimum Gasteiger partial charge on any atom is -0.862 e. The van der Waals surface area contributed by atoms with Gasteiger partial charge in [0.25, 0.3) is 20.2 Å². The zero-order valence-corrected chi connectivity index (χ0v) is 47.6. The molecule has 0 bridgehead atoms. The first-order valence-electron chi connectivity index (χ1n) is 19.5. The van der Waals surface area contributed by atoms with Crippen molar-refractivity contribution in [1.29, 1.82) is 0 Å². The van der Waals surface area contributed by atoms with E-state index >= 15 is 0 Å². The van der Waals surface area contributed by atoms with Crippen LogP contribution in [0.4, 0.5) is 45.5 Å². The summed E-state index contributed by atoms with van der Waals surface area (Å²) in [5, 5.41) is 31.4. The maximum atomic E-state index is 12.4. The largest absolute Gasteiger partial charge is 1.00 e. The summed E-state index contributed by atoms with van der Waals surface area (Å²) in [4.78, 5) is 44.9. The molecule has 71 heavy (non-hydrogen) atoms. The maximum absolute atomic E-state index is 12.4. The minimum absolute atomic E-state index is 0. The molecule has 356 valence electrons. The van der Waals surface area contributed by atoms with Crippen molar-refractivity contribution < 1.29 is 148 Å². The predicted molar refractivity (Wildman–Crippen MR) is 247 cm³/mol. The fraction of sp³-hybridized carbons (Fsp3) is 0.122. The van der Waals surface area contributed by atoms with Crippen molar-refractivity contribution in [2.45, 2.75) is 30.6 Å². The average Bonchev–Trinajstić information content (AvgIpc) is 3.25. The van der Waals surface area contributed by atoms with Crippen molar-refractivity contribution >= 4 is 112 Å². The van der Waals surface area contributed by atoms with E-state index < -0.39 is 41.8 Å². The van der Waals surface area contributed by atoms with Crippen LogP contribution in [-0.2, 0) is 20.2 Å². The van der Waals surface area contributed by atoms with Crippen molar-refractivity contribution in [1.82, 2.24) is 29.9 Å². The van der Waals surface area contributed by atoms with Gasteiger partial charge in [0.1, 0.15) is 38.4 Å². The predicted octanol–water partition coefficient (Wildman–Crippen LogP) is -0.759. The number of hydrogen-bond acceptors (Lipinski definition) is 18. The number of benzene rings is 5. The minimum atomic E-state index is -4.96. The van der Waals surface area contributed by atoms with Gasteiger partial charge in [0, 0.05) is 16.8 Å². The average molecular weight is 1100 g/mol. The summed E-state index contributed by atoms with van der Waals surface area (Å²) >= 11 is 12.8. The number of nitrogens with zero attached hydrogens (tertiary/aromatic N) is 10. The summed E-state index contributed by atoms with van der Waals surface area (Å²) in [6, 6.07) is 18.1. The molecule has 0 aliphatic rings. The van der Waals surface area contributed by atoms with Crippen LogP contribution in [0.3, 0.4) is 0 Å². The van der Waals surface area contributed by atoms with Crippen LogP contribution in [0.25, 0.3) is 10.8 Å². The first-order valence-corrected chi connectivity index (χ1v) is 23.1. The molecule has 2 heterocycles. The Labute approximate surface area is 497 Å². The number of H-pyrrole nitrogens is 4. The van der Waals surface area contributed by atoms with Crippen LogP contribution in [0, 0.1) is 6.92 Å². The van der Waals surface area contributed by atoms with E-state index in [0.717, 1.165) is 23.8 Å². The van der Waals surface area contributed by atoms with Crippen LogP contribution in [0.15, 0.2) is 129 Å². The molecule has 0 atom stereocenters. The molecular formula is C41H34Cl2K2N14O10S2. The normalized spacial score (nSPS) is 13.4. The summed E-state index contributed by atoms with van der Waals surface area (Å²) < 4.78 is 79.9. The molecule has 0 saturated carbocycles. The number of rotatable bonds is 12. The molecular weight excluding hydrogens is 1060 g/mol. The third kappa shape index (κ3) is 15.0. The molecule has 0 aliphatic heterocycles. The molecule has 7 rings (SSSR count). The van der Waals surface area contributed by atoms with Gasteiger partial charge in [-0.05, 0) is 116 Å². The van der Waals surface area contributed by atoms with Gasteiger partial charge in [0.05, 0.1) is 42.7 Å². The second-order valence-electron chi connectivity index (χ2n) is 14.2. The molecule has 0 aliphatic carbocycles. The maximum Gasteiger partial charge on any atom is 1.00 e. The summed E-state index contributed by atoms with van der Waals surface area (Å²) in [6.07, 6.45) is 0. The Balaban J connectivity index is 0.00000469. The fourth-order valence-corrected chi connectivity index (χ4v) is 8.10. The summed E-state index contributed by atoms with van der Waals surface area (Å²) in [5.41, 5.74) is 1.74. The Morgan fingerprint density at radius 1 is 0.577 bits per heavy atom. The van der Waals surface area contributed by atoms with E-state index in [9.17, 15) is 36.2 Å². The summed E-state index contributed by atoms with van der Waals surface area (Å²) in [7, 11) is -7.05. The molecule has 2 aromatic heterocycles. The Kier molecular flexibility index (Phi) is 19.7. The molecule has 7 aromatic rings. The topological polar surface area (TPSA) is 361 Å². The molecule has 0 spiro atoms. The van der Waals surface area contributed by atoms with Gasteiger partial charge in [-0.1, -0.05) is 18.2 Å². The molecule has 30 heteroatoms. The van der Waals surface area contributed by atoms with Crippen LogP contribution in [0.2, 0.25) is 10.6 Å². The Hall–Kier alpha value is -4.61. The molecule has 5 aromatic carbocycles. The van der Waals surface area contributed by atoms with Gasteiger partial charge in [-0.15, -0.1) is 5.11 Å². The number of halogens is 2. The van der Waals surface area contributed by atoms with Crippen LogP contribution >= 0.6 is 23.2 Å². The SMILES string of the molecule is COc1ccc(N=C(C)[O-])cc1N=c1[nH]c(Cl)nc(=Nc2cc(C)ccc2N=c2nc(Cl)[nH]c(=Nc3cc(N=C(C)[O-])c(N=Nc4cc(S(=O)(=O)O)c5cccc(S(=O)(=O)O)c5c4)cc3OC)[nH]2)[nH]1.[K+].[K+]. The molecule has 24 nitrogen and oxygen atoms in total. The second kappa shape index (κ2) is 24.4. The van der Waals surface area contributed by atoms with Crippen molar-refractivity contribution in [2.75, 3.05) is 14.2 Å². The summed E-state index contributed by atoms with van der Waals surface area (Å²) in [6.45, 7) is 4.33. The zero-order valence-electron chi connectivity index (χ0n) is 38.2. The molecule has 0 fully saturated rings. The van der Waals surface area contributed by atoms with E-state index in [1.807, 2.05) is 6.92 Å². The van der Waals surface area contributed by atoms with Crippen molar-refractivity contribution in [2.24, 2.45) is 40.2 Å². The molecule has 6 N–H and O–H groups in total. The van der Waals surface area contributed by atoms with Crippen LogP contribution < -0.4 is 145 Å². The van der Waals surface area contributed by atoms with Gasteiger partial charge in [-0.2, -0.15) is 31.9 Å². The molecule has 0 saturated heterocycles. The van der Waals surface area contributed by atoms with E-state index in [-0.39, 0.29) is 181 Å². The van der Waals surface area contributed by atoms with E-state index in [1.165, 1.54) is 52.3 Å². The first kappa shape index (κ1) is 57.3. The number of hydrogen-bond donors (Lipinski definition) is 6. The summed E-state index contributed by atoms with van der Waals surface area (Å²) in [5.74, 6) is -0.629. The Bertz CT molecular complexity index is 3830. The third-order valence-electron chi connectivity index (χ3n) is 9.09. The van der Waals surface area contributed by atoms with Gasteiger partial charge in [0.15, 0.2) is 0 Å². The van der Waals surface area contributed by atoms with Gasteiger partial charge in [-0.25, -0.2) is 20.0 Å². The fourth-order valence-electron chi connectivity index (χ4n) is 6.34. The van der Waals surface area contributed by atoms with Crippen LogP contribution in [-0.4, -0.2) is 81.9 Å². The number of aromatic amines is 4. The van der Waals surface area contributed by atoms with Gasteiger partial charge < -0.3 is 29.7 Å². The van der Waals surface area contributed by atoms with Gasteiger partial charge in [0.2, 0.25) is 33.0 Å². The quantitative estimate of drug-likeness (QED) is 0.0289. The molecule has 0 unspecified atom stereocenters. The number of azo groups is 1. The van der Waals surface area contributed by atoms with E-state index in [1.54, 1.807) is 36.4 Å². The Morgan fingerprint density at radius 3 is 1.75 bits per heavy atom. The standard InChI is InChI=1S/C41H36Cl2N14O10S2.2K/c1-19-9-11-26(27(13-19)47-39-51-37(43)52-40(55-39)48-30-15-22(44-20(2)58)10-12-32(30)66-4)46-38-50-36(42)53-41(54-38)49-31-17-28(45-21(3)59)29(18-33(31)67-5)57-56-23-14-25-24(35(16-23)69(63,64)65)7-6-8-34(25)68(60,61)62;;/h6-18H,1-5H3,(H,44,58)(H,45,59)(H,60,61,62)(H,63,64,65)(H2,46,49,50,53,54)(H2,47,48,51,52,55);;/q;2*+1/p-2. The number of aromatic nitrogens is 6. The zero-order chi connectivity index (χ0) is 49.8. The van der Waals surface area contributed by atoms with Crippen molar-refractivity contribution in [3.63, 3.8) is 0 Å². The van der Waals surface area contributed by atoms with Gasteiger partial charge >= 0.3 is 103 Å². The molecule has 0 radical (unpaired) electrons. The van der Waals surface area contributed by atoms with Crippen molar-refractivity contribution in [3.8, 4) is 11.5 Å². The number of aliphatic imine (C=N–C) groups is 2. The van der Waals surface area contributed by atoms with E-state index in [0.29, 0.717) is 22.8 Å². The number of ether oxygens (including phenoxy) is 2. The first-order chi connectivity index (χ1) is 32.6. The second-order valence-corrected chi connectivity index (χ2v) is 17.7. The van der Waals surface area contributed by atoms with E-state index in [2.05, 4.69) is 70.1 Å². The van der Waals surface area contributed by atoms with Crippen LogP contribution in [0.1, 0.15) is 19.4 Å².